The molecule has 0 aliphatic heterocycles. The van der Waals surface area contributed by atoms with E-state index in [0.29, 0.717) is 31.8 Å². The van der Waals surface area contributed by atoms with Crippen LogP contribution in [0, 0.1) is 0 Å². The molecule has 0 heterocycles. The molecule has 0 aliphatic carbocycles. The molecule has 0 amide bonds. The normalized spacial score (nSPS) is 9.40. The van der Waals surface area contributed by atoms with E-state index < -0.39 is 11.9 Å². The van der Waals surface area contributed by atoms with Crippen LogP contribution in [0.1, 0.15) is 0 Å². The Morgan fingerprint density at radius 2 is 1.05 bits per heavy atom. The number of hydrogen-bond acceptors (Lipinski definition) is 6. The van der Waals surface area contributed by atoms with E-state index in [2.05, 4.69) is 13.2 Å². The Kier molecular flexibility index (Phi) is 22.9. The van der Waals surface area contributed by atoms with Gasteiger partial charge in [0.05, 0.1) is 19.8 Å². The number of aliphatic carboxylic acids is 2. The van der Waals surface area contributed by atoms with Gasteiger partial charge in [-0.2, -0.15) is 0 Å². The van der Waals surface area contributed by atoms with E-state index in [9.17, 15) is 9.59 Å². The number of carbonyl (C=O) groups is 2. The molecule has 0 bridgehead atoms. The molecule has 0 aliphatic rings. The van der Waals surface area contributed by atoms with Crippen molar-refractivity contribution in [3.63, 3.8) is 0 Å². The summed E-state index contributed by atoms with van der Waals surface area (Å²) in [5.74, 6) is -2.51. The molecule has 0 saturated heterocycles. The summed E-state index contributed by atoms with van der Waals surface area (Å²) in [5.41, 5.74) is 0. The summed E-state index contributed by atoms with van der Waals surface area (Å²) < 4.78 is 0. The molecule has 5 N–H and O–H groups in total. The average molecular weight is 293 g/mol. The number of aliphatic hydroxyl groups is 3. The molecule has 0 aromatic rings. The van der Waals surface area contributed by atoms with Crippen molar-refractivity contribution in [2.45, 2.75) is 0 Å². The van der Waals surface area contributed by atoms with Crippen molar-refractivity contribution in [1.29, 1.82) is 0 Å². The molecule has 0 spiro atoms. The molecule has 0 rings (SSSR count). The van der Waals surface area contributed by atoms with Gasteiger partial charge in [0.2, 0.25) is 0 Å². The molecule has 20 heavy (non-hydrogen) atoms. The van der Waals surface area contributed by atoms with E-state index in [4.69, 9.17) is 25.5 Å². The van der Waals surface area contributed by atoms with Crippen LogP contribution in [0.3, 0.4) is 0 Å². The molecule has 0 aromatic heterocycles. The summed E-state index contributed by atoms with van der Waals surface area (Å²) in [7, 11) is 0. The maximum Gasteiger partial charge on any atom is 0.328 e. The molecular weight excluding hydrogens is 270 g/mol. The fraction of sp³-hybridized carbons (Fsp3) is 0.500. The van der Waals surface area contributed by atoms with Crippen molar-refractivity contribution in [3.8, 4) is 0 Å². The fourth-order valence-electron chi connectivity index (χ4n) is 0.902. The van der Waals surface area contributed by atoms with Gasteiger partial charge >= 0.3 is 11.9 Å². The number of aliphatic hydroxyl groups excluding tert-OH is 3. The van der Waals surface area contributed by atoms with Gasteiger partial charge in [-0.15, -0.1) is 13.2 Å². The van der Waals surface area contributed by atoms with Gasteiger partial charge in [0, 0.05) is 31.8 Å². The molecule has 0 radical (unpaired) electrons. The third-order valence-electron chi connectivity index (χ3n) is 1.62. The minimum Gasteiger partial charge on any atom is -0.478 e. The summed E-state index contributed by atoms with van der Waals surface area (Å²) in [5, 5.41) is 41.1. The van der Waals surface area contributed by atoms with Gasteiger partial charge in [-0.05, 0) is 0 Å². The predicted octanol–water partition coefficient (Wildman–Crippen LogP) is -1.22. The molecule has 8 nitrogen and oxygen atoms in total. The van der Waals surface area contributed by atoms with E-state index in [1.165, 1.54) is 0 Å². The van der Waals surface area contributed by atoms with Crippen LogP contribution in [-0.4, -0.2) is 81.8 Å². The van der Waals surface area contributed by atoms with E-state index in [1.807, 2.05) is 0 Å². The third kappa shape index (κ3) is 25.2. The predicted molar refractivity (Wildman–Crippen MR) is 73.4 cm³/mol. The smallest absolute Gasteiger partial charge is 0.328 e. The fourth-order valence-corrected chi connectivity index (χ4v) is 0.902. The van der Waals surface area contributed by atoms with Gasteiger partial charge in [-0.1, -0.05) is 0 Å². The highest BCUT2D eigenvalue weighted by molar-refractivity contribution is 5.89. The zero-order chi connectivity index (χ0) is 16.4. The minimum atomic E-state index is -1.26. The van der Waals surface area contributed by atoms with Gasteiger partial charge in [0.15, 0.2) is 0 Å². The van der Waals surface area contributed by atoms with Crippen molar-refractivity contribution >= 4 is 11.9 Å². The monoisotopic (exact) mass is 293 g/mol. The molecule has 118 valence electrons. The Morgan fingerprint density at radius 3 is 1.20 bits per heavy atom. The SMILES string of the molecule is C=C.O=C(O)/C=C\C(=O)O.OCCN(CCO)CCO. The second kappa shape index (κ2) is 19.6. The topological polar surface area (TPSA) is 139 Å². The summed E-state index contributed by atoms with van der Waals surface area (Å²) in [6.45, 7) is 7.75. The molecule has 0 saturated carbocycles. The Hall–Kier alpha value is -1.74. The number of carboxylic acid groups (broad SMARTS) is 2. The highest BCUT2D eigenvalue weighted by Gasteiger charge is 2.00. The molecule has 8 heteroatoms. The summed E-state index contributed by atoms with van der Waals surface area (Å²) >= 11 is 0. The maximum atomic E-state index is 9.55. The molecule has 0 atom stereocenters. The second-order valence-electron chi connectivity index (χ2n) is 3.02. The van der Waals surface area contributed by atoms with Gasteiger partial charge < -0.3 is 25.5 Å². The van der Waals surface area contributed by atoms with Crippen LogP contribution in [0.2, 0.25) is 0 Å². The highest BCUT2D eigenvalue weighted by Crippen LogP contribution is 1.84. The van der Waals surface area contributed by atoms with Crippen molar-refractivity contribution in [1.82, 2.24) is 4.90 Å². The van der Waals surface area contributed by atoms with Crippen LogP contribution in [0.15, 0.2) is 25.3 Å². The van der Waals surface area contributed by atoms with Crippen LogP contribution >= 0.6 is 0 Å². The van der Waals surface area contributed by atoms with Crippen LogP contribution in [0.5, 0.6) is 0 Å². The van der Waals surface area contributed by atoms with E-state index in [-0.39, 0.29) is 19.8 Å². The minimum absolute atomic E-state index is 0.0694. The maximum absolute atomic E-state index is 9.55. The van der Waals surface area contributed by atoms with Crippen LogP contribution in [-0.2, 0) is 9.59 Å². The Bertz CT molecular complexity index is 238. The summed E-state index contributed by atoms with van der Waals surface area (Å²) in [6.07, 6.45) is 1.12. The van der Waals surface area contributed by atoms with Crippen molar-refractivity contribution < 1.29 is 35.1 Å². The number of hydrogen-bond donors (Lipinski definition) is 5. The quantitative estimate of drug-likeness (QED) is 0.277. The Labute approximate surface area is 117 Å². The van der Waals surface area contributed by atoms with Crippen molar-refractivity contribution in [3.05, 3.63) is 25.3 Å². The first-order valence-electron chi connectivity index (χ1n) is 5.66. The first-order chi connectivity index (χ1) is 9.47. The van der Waals surface area contributed by atoms with E-state index in [0.717, 1.165) is 0 Å². The van der Waals surface area contributed by atoms with Crippen molar-refractivity contribution in [2.75, 3.05) is 39.5 Å². The lowest BCUT2D eigenvalue weighted by Crippen LogP contribution is -2.32. The van der Waals surface area contributed by atoms with Crippen molar-refractivity contribution in [2.24, 2.45) is 0 Å². The van der Waals surface area contributed by atoms with Gasteiger partial charge in [-0.25, -0.2) is 9.59 Å². The Balaban J connectivity index is -0.000000262. The van der Waals surface area contributed by atoms with Gasteiger partial charge in [0.25, 0.3) is 0 Å². The van der Waals surface area contributed by atoms with Gasteiger partial charge in [-0.3, -0.25) is 4.90 Å². The standard InChI is InChI=1S/C6H15NO3.C4H4O4.C2H4/c8-4-1-7(2-5-9)3-6-10;5-3(6)1-2-4(7)8;1-2/h8-10H,1-6H2;1-2H,(H,5,6)(H,7,8);1-2H2/b;2-1-;. The summed E-state index contributed by atoms with van der Waals surface area (Å²) in [6, 6.07) is 0. The number of rotatable bonds is 8. The zero-order valence-electron chi connectivity index (χ0n) is 11.3. The highest BCUT2D eigenvalue weighted by atomic mass is 16.4. The lowest BCUT2D eigenvalue weighted by molar-refractivity contribution is -0.134. The third-order valence-corrected chi connectivity index (χ3v) is 1.62. The molecular formula is C12H23NO7. The molecule has 0 unspecified atom stereocenters. The zero-order valence-corrected chi connectivity index (χ0v) is 11.3. The molecule has 0 aromatic carbocycles. The lowest BCUT2D eigenvalue weighted by atomic mass is 10.4. The van der Waals surface area contributed by atoms with Crippen LogP contribution in [0.25, 0.3) is 0 Å². The number of nitrogens with zero attached hydrogens (tertiary/aromatic N) is 1. The largest absolute Gasteiger partial charge is 0.478 e. The summed E-state index contributed by atoms with van der Waals surface area (Å²) in [4.78, 5) is 20.9. The number of carboxylic acids is 2. The van der Waals surface area contributed by atoms with E-state index in [1.54, 1.807) is 4.90 Å². The second-order valence-corrected chi connectivity index (χ2v) is 3.02. The first-order valence-corrected chi connectivity index (χ1v) is 5.66. The van der Waals surface area contributed by atoms with E-state index >= 15 is 0 Å². The Morgan fingerprint density at radius 1 is 0.800 bits per heavy atom. The van der Waals surface area contributed by atoms with Gasteiger partial charge in [0.1, 0.15) is 0 Å². The first kappa shape index (κ1) is 23.4. The van der Waals surface area contributed by atoms with Crippen LogP contribution < -0.4 is 0 Å². The average Bonchev–Trinajstić information content (AvgIpc) is 2.40. The molecule has 0 fully saturated rings. The lowest BCUT2D eigenvalue weighted by Gasteiger charge is -2.17. The van der Waals surface area contributed by atoms with Crippen LogP contribution in [0.4, 0.5) is 0 Å².